The predicted molar refractivity (Wildman–Crippen MR) is 108 cm³/mol. The number of aliphatic imine (C=N–C) groups is 1. The average Bonchev–Trinajstić information content (AvgIpc) is 2.61. The lowest BCUT2D eigenvalue weighted by Gasteiger charge is -2.30. The number of nitrogens with zero attached hydrogens (tertiary/aromatic N) is 2. The lowest BCUT2D eigenvalue weighted by Crippen LogP contribution is -2.44. The van der Waals surface area contributed by atoms with Crippen molar-refractivity contribution in [1.29, 1.82) is 0 Å². The molecule has 0 amide bonds. The van der Waals surface area contributed by atoms with Crippen LogP contribution in [0.15, 0.2) is 29.3 Å². The summed E-state index contributed by atoms with van der Waals surface area (Å²) in [6, 6.07) is 8.58. The van der Waals surface area contributed by atoms with E-state index >= 15 is 0 Å². The lowest BCUT2D eigenvalue weighted by molar-refractivity contribution is 0.275. The van der Waals surface area contributed by atoms with E-state index in [4.69, 9.17) is 0 Å². The summed E-state index contributed by atoms with van der Waals surface area (Å²) in [5.74, 6) is 1.67. The minimum atomic E-state index is -3.06. The second-order valence-corrected chi connectivity index (χ2v) is 9.24. The summed E-state index contributed by atoms with van der Waals surface area (Å²) < 4.78 is 24.7. The van der Waals surface area contributed by atoms with Crippen LogP contribution in [0.3, 0.4) is 0 Å². The molecular formula is C19H32N4O2S. The molecule has 0 aromatic heterocycles. The molecular weight excluding hydrogens is 348 g/mol. The summed E-state index contributed by atoms with van der Waals surface area (Å²) in [5.41, 5.74) is 2.60. The van der Waals surface area contributed by atoms with E-state index in [1.165, 1.54) is 17.4 Å². The summed E-state index contributed by atoms with van der Waals surface area (Å²) in [6.07, 6.45) is 3.06. The zero-order valence-corrected chi connectivity index (χ0v) is 17.1. The molecule has 1 aliphatic rings. The second kappa shape index (κ2) is 9.37. The summed E-state index contributed by atoms with van der Waals surface area (Å²) in [7, 11) is -1.28. The van der Waals surface area contributed by atoms with Gasteiger partial charge in [0.15, 0.2) is 5.96 Å². The summed E-state index contributed by atoms with van der Waals surface area (Å²) >= 11 is 0. The van der Waals surface area contributed by atoms with Gasteiger partial charge in [0.25, 0.3) is 0 Å². The molecule has 2 rings (SSSR count). The molecule has 0 bridgehead atoms. The molecule has 1 aliphatic heterocycles. The maximum atomic E-state index is 11.6. The maximum Gasteiger partial charge on any atom is 0.211 e. The highest BCUT2D eigenvalue weighted by Gasteiger charge is 2.24. The van der Waals surface area contributed by atoms with E-state index < -0.39 is 10.0 Å². The van der Waals surface area contributed by atoms with Crippen molar-refractivity contribution in [3.63, 3.8) is 0 Å². The number of nitrogens with one attached hydrogen (secondary N) is 2. The van der Waals surface area contributed by atoms with Gasteiger partial charge in [0.2, 0.25) is 10.0 Å². The van der Waals surface area contributed by atoms with Crippen LogP contribution in [0.1, 0.15) is 36.8 Å². The van der Waals surface area contributed by atoms with Crippen molar-refractivity contribution in [3.05, 3.63) is 35.4 Å². The fourth-order valence-corrected chi connectivity index (χ4v) is 4.13. The topological polar surface area (TPSA) is 73.8 Å². The quantitative estimate of drug-likeness (QED) is 0.584. The molecule has 1 saturated heterocycles. The standard InChI is InChI=1S/C19H32N4O2S/c1-15-6-5-7-18(12-15)16(2)13-21-19(20-3)22-14-17-8-10-23(11-9-17)26(4,24)25/h5-7,12,16-17H,8-11,13-14H2,1-4H3,(H2,20,21,22). The van der Waals surface area contributed by atoms with Gasteiger partial charge in [0.05, 0.1) is 6.26 Å². The van der Waals surface area contributed by atoms with Gasteiger partial charge in [-0.2, -0.15) is 0 Å². The molecule has 0 radical (unpaired) electrons. The number of benzene rings is 1. The Morgan fingerprint density at radius 1 is 1.31 bits per heavy atom. The number of piperidine rings is 1. The SMILES string of the molecule is CN=C(NCC1CCN(S(C)(=O)=O)CC1)NCC(C)c1cccc(C)c1. The van der Waals surface area contributed by atoms with E-state index in [1.807, 2.05) is 0 Å². The van der Waals surface area contributed by atoms with E-state index in [0.717, 1.165) is 31.9 Å². The third kappa shape index (κ3) is 6.29. The molecule has 1 fully saturated rings. The van der Waals surface area contributed by atoms with Gasteiger partial charge in [-0.05, 0) is 37.2 Å². The smallest absolute Gasteiger partial charge is 0.211 e. The van der Waals surface area contributed by atoms with Gasteiger partial charge in [0, 0.05) is 33.2 Å². The molecule has 1 unspecified atom stereocenters. The van der Waals surface area contributed by atoms with E-state index in [9.17, 15) is 8.42 Å². The molecule has 1 heterocycles. The first-order valence-electron chi connectivity index (χ1n) is 9.25. The van der Waals surface area contributed by atoms with Crippen LogP contribution in [-0.2, 0) is 10.0 Å². The molecule has 1 aromatic rings. The maximum absolute atomic E-state index is 11.6. The van der Waals surface area contributed by atoms with Crippen molar-refractivity contribution in [3.8, 4) is 0 Å². The Labute approximate surface area is 158 Å². The van der Waals surface area contributed by atoms with Crippen LogP contribution in [0.5, 0.6) is 0 Å². The number of hydrogen-bond donors (Lipinski definition) is 2. The zero-order chi connectivity index (χ0) is 19.2. The minimum Gasteiger partial charge on any atom is -0.356 e. The molecule has 1 atom stereocenters. The number of hydrogen-bond acceptors (Lipinski definition) is 3. The molecule has 0 spiro atoms. The Balaban J connectivity index is 1.75. The zero-order valence-electron chi connectivity index (χ0n) is 16.3. The molecule has 2 N–H and O–H groups in total. The highest BCUT2D eigenvalue weighted by Crippen LogP contribution is 2.18. The van der Waals surface area contributed by atoms with Crippen molar-refractivity contribution in [2.24, 2.45) is 10.9 Å². The Bertz CT molecular complexity index is 710. The molecule has 0 saturated carbocycles. The molecule has 1 aromatic carbocycles. The van der Waals surface area contributed by atoms with Gasteiger partial charge in [0.1, 0.15) is 0 Å². The fraction of sp³-hybridized carbons (Fsp3) is 0.632. The van der Waals surface area contributed by atoms with E-state index in [1.54, 1.807) is 11.4 Å². The third-order valence-electron chi connectivity index (χ3n) is 5.01. The lowest BCUT2D eigenvalue weighted by atomic mass is 9.98. The largest absolute Gasteiger partial charge is 0.356 e. The van der Waals surface area contributed by atoms with Crippen molar-refractivity contribution in [2.45, 2.75) is 32.6 Å². The molecule has 7 heteroatoms. The summed E-state index contributed by atoms with van der Waals surface area (Å²) in [6.45, 7) is 7.17. The average molecular weight is 381 g/mol. The first kappa shape index (κ1) is 20.7. The first-order chi connectivity index (χ1) is 12.3. The van der Waals surface area contributed by atoms with Gasteiger partial charge in [-0.3, -0.25) is 4.99 Å². The molecule has 6 nitrogen and oxygen atoms in total. The van der Waals surface area contributed by atoms with E-state index in [0.29, 0.717) is 24.9 Å². The number of guanidine groups is 1. The van der Waals surface area contributed by atoms with Crippen LogP contribution in [0.4, 0.5) is 0 Å². The second-order valence-electron chi connectivity index (χ2n) is 7.25. The predicted octanol–water partition coefficient (Wildman–Crippen LogP) is 1.94. The third-order valence-corrected chi connectivity index (χ3v) is 6.31. The van der Waals surface area contributed by atoms with Gasteiger partial charge in [-0.15, -0.1) is 0 Å². The van der Waals surface area contributed by atoms with Crippen LogP contribution < -0.4 is 10.6 Å². The summed E-state index contributed by atoms with van der Waals surface area (Å²) in [4.78, 5) is 4.30. The number of rotatable bonds is 6. The molecule has 146 valence electrons. The number of sulfonamides is 1. The Hall–Kier alpha value is -1.60. The highest BCUT2D eigenvalue weighted by molar-refractivity contribution is 7.88. The molecule has 0 aliphatic carbocycles. The summed E-state index contributed by atoms with van der Waals surface area (Å²) in [5, 5.41) is 6.77. The van der Waals surface area contributed by atoms with Crippen LogP contribution in [0.2, 0.25) is 0 Å². The van der Waals surface area contributed by atoms with Crippen LogP contribution in [-0.4, -0.2) is 58.2 Å². The van der Waals surface area contributed by atoms with Gasteiger partial charge >= 0.3 is 0 Å². The normalized spacial score (nSPS) is 18.5. The van der Waals surface area contributed by atoms with E-state index in [2.05, 4.69) is 53.7 Å². The molecule has 26 heavy (non-hydrogen) atoms. The van der Waals surface area contributed by atoms with Crippen LogP contribution >= 0.6 is 0 Å². The Morgan fingerprint density at radius 2 is 2.00 bits per heavy atom. The van der Waals surface area contributed by atoms with Crippen LogP contribution in [0.25, 0.3) is 0 Å². The Kier molecular flexibility index (Phi) is 7.46. The monoisotopic (exact) mass is 380 g/mol. The van der Waals surface area contributed by atoms with Gasteiger partial charge in [-0.1, -0.05) is 36.8 Å². The van der Waals surface area contributed by atoms with Crippen LogP contribution in [0, 0.1) is 12.8 Å². The van der Waals surface area contributed by atoms with Gasteiger partial charge in [-0.25, -0.2) is 12.7 Å². The first-order valence-corrected chi connectivity index (χ1v) is 11.1. The highest BCUT2D eigenvalue weighted by atomic mass is 32.2. The number of aryl methyl sites for hydroxylation is 1. The van der Waals surface area contributed by atoms with E-state index in [-0.39, 0.29) is 0 Å². The van der Waals surface area contributed by atoms with Crippen molar-refractivity contribution < 1.29 is 8.42 Å². The van der Waals surface area contributed by atoms with Crippen molar-refractivity contribution in [1.82, 2.24) is 14.9 Å². The van der Waals surface area contributed by atoms with Crippen molar-refractivity contribution >= 4 is 16.0 Å². The van der Waals surface area contributed by atoms with Crippen molar-refractivity contribution in [2.75, 3.05) is 39.5 Å². The Morgan fingerprint density at radius 3 is 2.58 bits per heavy atom. The van der Waals surface area contributed by atoms with Gasteiger partial charge < -0.3 is 10.6 Å². The minimum absolute atomic E-state index is 0.395. The fourth-order valence-electron chi connectivity index (χ4n) is 3.25.